The van der Waals surface area contributed by atoms with Crippen LogP contribution in [0.2, 0.25) is 0 Å². The third-order valence-electron chi connectivity index (χ3n) is 4.50. The lowest BCUT2D eigenvalue weighted by molar-refractivity contribution is -0.127. The van der Waals surface area contributed by atoms with E-state index in [1.807, 2.05) is 0 Å². The second-order valence-electron chi connectivity index (χ2n) is 7.13. The van der Waals surface area contributed by atoms with E-state index in [-0.39, 0.29) is 11.9 Å². The fraction of sp³-hybridized carbons (Fsp3) is 0.938. The normalized spacial score (nSPS) is 26.8. The Kier molecular flexibility index (Phi) is 7.10. The van der Waals surface area contributed by atoms with Crippen molar-refractivity contribution >= 4 is 5.91 Å². The number of rotatable bonds is 8. The average molecular weight is 298 g/mol. The Morgan fingerprint density at radius 3 is 2.52 bits per heavy atom. The molecule has 0 heterocycles. The highest BCUT2D eigenvalue weighted by Crippen LogP contribution is 2.31. The quantitative estimate of drug-likeness (QED) is 0.703. The van der Waals surface area contributed by atoms with Gasteiger partial charge in [0, 0.05) is 12.1 Å². The van der Waals surface area contributed by atoms with Gasteiger partial charge in [-0.2, -0.15) is 0 Å². The minimum absolute atomic E-state index is 0.192. The molecule has 1 amide bonds. The molecule has 1 rings (SSSR count). The first-order valence-corrected chi connectivity index (χ1v) is 8.19. The van der Waals surface area contributed by atoms with Crippen LogP contribution in [0, 0.1) is 0 Å². The smallest absolute Gasteiger partial charge is 0.237 e. The number of hydrogen-bond donors (Lipinski definition) is 2. The van der Waals surface area contributed by atoms with Crippen molar-refractivity contribution in [3.8, 4) is 0 Å². The molecule has 3 N–H and O–H groups in total. The van der Waals surface area contributed by atoms with E-state index < -0.39 is 5.54 Å². The van der Waals surface area contributed by atoms with Gasteiger partial charge in [0.15, 0.2) is 0 Å². The number of nitrogens with zero attached hydrogens (tertiary/aromatic N) is 2. The van der Waals surface area contributed by atoms with Crippen molar-refractivity contribution in [2.45, 2.75) is 63.6 Å². The number of primary amides is 1. The molecule has 0 saturated heterocycles. The van der Waals surface area contributed by atoms with Crippen LogP contribution in [0.3, 0.4) is 0 Å². The van der Waals surface area contributed by atoms with Crippen molar-refractivity contribution in [1.82, 2.24) is 15.1 Å². The van der Waals surface area contributed by atoms with Crippen LogP contribution in [0.25, 0.3) is 0 Å². The standard InChI is InChI=1S/C16H34N4O/c1-13(2)18-16(15(17)21)9-6-8-14(12-16)20(5)11-7-10-19(3)4/h13-14,18H,6-12H2,1-5H3,(H2,17,21). The molecule has 0 aliphatic heterocycles. The van der Waals surface area contributed by atoms with Crippen LogP contribution in [0.1, 0.15) is 46.0 Å². The van der Waals surface area contributed by atoms with Crippen molar-refractivity contribution in [3.05, 3.63) is 0 Å². The molecule has 1 saturated carbocycles. The van der Waals surface area contributed by atoms with Gasteiger partial charge in [-0.05, 0) is 80.2 Å². The predicted octanol–water partition coefficient (Wildman–Crippen LogP) is 1.03. The maximum atomic E-state index is 12.0. The Bertz CT molecular complexity index is 332. The monoisotopic (exact) mass is 298 g/mol. The van der Waals surface area contributed by atoms with E-state index >= 15 is 0 Å². The summed E-state index contributed by atoms with van der Waals surface area (Å²) in [5.41, 5.74) is 5.21. The number of carbonyl (C=O) groups excluding carboxylic acids is 1. The van der Waals surface area contributed by atoms with E-state index in [1.54, 1.807) is 0 Å². The Morgan fingerprint density at radius 2 is 2.00 bits per heavy atom. The van der Waals surface area contributed by atoms with Crippen LogP contribution < -0.4 is 11.1 Å². The van der Waals surface area contributed by atoms with Crippen LogP contribution in [0.5, 0.6) is 0 Å². The van der Waals surface area contributed by atoms with Gasteiger partial charge in [0.2, 0.25) is 5.91 Å². The third kappa shape index (κ3) is 5.57. The molecular formula is C16H34N4O. The molecule has 2 unspecified atom stereocenters. The van der Waals surface area contributed by atoms with E-state index in [0.29, 0.717) is 6.04 Å². The van der Waals surface area contributed by atoms with E-state index in [1.165, 1.54) is 0 Å². The summed E-state index contributed by atoms with van der Waals surface area (Å²) in [7, 11) is 6.38. The third-order valence-corrected chi connectivity index (χ3v) is 4.50. The van der Waals surface area contributed by atoms with Gasteiger partial charge < -0.3 is 20.9 Å². The van der Waals surface area contributed by atoms with Crippen molar-refractivity contribution < 1.29 is 4.79 Å². The van der Waals surface area contributed by atoms with E-state index in [9.17, 15) is 4.79 Å². The minimum atomic E-state index is -0.521. The predicted molar refractivity (Wildman–Crippen MR) is 88.3 cm³/mol. The Labute approximate surface area is 130 Å². The summed E-state index contributed by atoms with van der Waals surface area (Å²) in [6.45, 7) is 6.33. The lowest BCUT2D eigenvalue weighted by atomic mass is 9.77. The molecule has 2 atom stereocenters. The van der Waals surface area contributed by atoms with Crippen LogP contribution in [0.15, 0.2) is 0 Å². The topological polar surface area (TPSA) is 61.6 Å². The zero-order valence-corrected chi connectivity index (χ0v) is 14.5. The van der Waals surface area contributed by atoms with Gasteiger partial charge in [0.25, 0.3) is 0 Å². The summed E-state index contributed by atoms with van der Waals surface area (Å²) in [5, 5.41) is 3.44. The van der Waals surface area contributed by atoms with Gasteiger partial charge in [0.05, 0.1) is 5.54 Å². The summed E-state index contributed by atoms with van der Waals surface area (Å²) < 4.78 is 0. The fourth-order valence-corrected chi connectivity index (χ4v) is 3.42. The first kappa shape index (κ1) is 18.4. The molecule has 5 heteroatoms. The average Bonchev–Trinajstić information content (AvgIpc) is 2.37. The molecule has 1 aliphatic rings. The second kappa shape index (κ2) is 8.11. The minimum Gasteiger partial charge on any atom is -0.368 e. The van der Waals surface area contributed by atoms with Gasteiger partial charge in [-0.25, -0.2) is 0 Å². The van der Waals surface area contributed by atoms with Crippen LogP contribution >= 0.6 is 0 Å². The molecule has 0 aromatic carbocycles. The summed E-state index contributed by atoms with van der Waals surface area (Å²) in [6.07, 6.45) is 5.07. The van der Waals surface area contributed by atoms with Gasteiger partial charge >= 0.3 is 0 Å². The van der Waals surface area contributed by atoms with Gasteiger partial charge in [0.1, 0.15) is 0 Å². The Hall–Kier alpha value is -0.650. The molecule has 21 heavy (non-hydrogen) atoms. The van der Waals surface area contributed by atoms with Gasteiger partial charge in [-0.15, -0.1) is 0 Å². The largest absolute Gasteiger partial charge is 0.368 e. The summed E-state index contributed by atoms with van der Waals surface area (Å²) >= 11 is 0. The first-order valence-electron chi connectivity index (χ1n) is 8.19. The zero-order valence-electron chi connectivity index (χ0n) is 14.5. The van der Waals surface area contributed by atoms with Crippen LogP contribution in [0.4, 0.5) is 0 Å². The SMILES string of the molecule is CC(C)NC1(C(N)=O)CCCC(N(C)CCCN(C)C)C1. The summed E-state index contributed by atoms with van der Waals surface area (Å²) in [4.78, 5) is 16.6. The number of carbonyl (C=O) groups is 1. The van der Waals surface area contributed by atoms with Gasteiger partial charge in [-0.3, -0.25) is 4.79 Å². The molecule has 124 valence electrons. The van der Waals surface area contributed by atoms with E-state index in [2.05, 4.69) is 50.1 Å². The molecule has 1 fully saturated rings. The van der Waals surface area contributed by atoms with Gasteiger partial charge in [-0.1, -0.05) is 0 Å². The van der Waals surface area contributed by atoms with Crippen molar-refractivity contribution in [2.24, 2.45) is 5.73 Å². The summed E-state index contributed by atoms with van der Waals surface area (Å²) in [6, 6.07) is 0.718. The summed E-state index contributed by atoms with van der Waals surface area (Å²) in [5.74, 6) is -0.192. The molecule has 0 aromatic heterocycles. The van der Waals surface area contributed by atoms with Crippen LogP contribution in [-0.4, -0.2) is 67.6 Å². The van der Waals surface area contributed by atoms with Crippen LogP contribution in [-0.2, 0) is 4.79 Å². The molecule has 0 spiro atoms. The number of amides is 1. The number of nitrogens with one attached hydrogen (secondary N) is 1. The Morgan fingerprint density at radius 1 is 1.33 bits per heavy atom. The lowest BCUT2D eigenvalue weighted by Gasteiger charge is -2.43. The maximum absolute atomic E-state index is 12.0. The molecule has 0 aromatic rings. The highest BCUT2D eigenvalue weighted by Gasteiger charge is 2.42. The molecule has 5 nitrogen and oxygen atoms in total. The number of hydrogen-bond acceptors (Lipinski definition) is 4. The highest BCUT2D eigenvalue weighted by molar-refractivity contribution is 5.85. The molecule has 0 radical (unpaired) electrons. The van der Waals surface area contributed by atoms with Crippen molar-refractivity contribution in [1.29, 1.82) is 0 Å². The Balaban J connectivity index is 2.62. The lowest BCUT2D eigenvalue weighted by Crippen LogP contribution is -2.62. The van der Waals surface area contributed by atoms with Crippen molar-refractivity contribution in [2.75, 3.05) is 34.2 Å². The number of nitrogens with two attached hydrogens (primary N) is 1. The molecule has 1 aliphatic carbocycles. The second-order valence-corrected chi connectivity index (χ2v) is 7.13. The molecule has 0 bridgehead atoms. The fourth-order valence-electron chi connectivity index (χ4n) is 3.42. The van der Waals surface area contributed by atoms with E-state index in [4.69, 9.17) is 5.73 Å². The highest BCUT2D eigenvalue weighted by atomic mass is 16.1. The first-order chi connectivity index (χ1) is 9.77. The van der Waals surface area contributed by atoms with E-state index in [0.717, 1.165) is 45.2 Å². The van der Waals surface area contributed by atoms with Crippen molar-refractivity contribution in [3.63, 3.8) is 0 Å². The zero-order chi connectivity index (χ0) is 16.0. The maximum Gasteiger partial charge on any atom is 0.237 e. The molecular weight excluding hydrogens is 264 g/mol.